The van der Waals surface area contributed by atoms with Crippen LogP contribution in [0.1, 0.15) is 25.3 Å². The van der Waals surface area contributed by atoms with E-state index in [1.807, 2.05) is 12.3 Å². The second-order valence-corrected chi connectivity index (χ2v) is 5.28. The summed E-state index contributed by atoms with van der Waals surface area (Å²) in [5.41, 5.74) is 8.75. The smallest absolute Gasteiger partial charge is 0.0702 e. The van der Waals surface area contributed by atoms with Gasteiger partial charge in [0.1, 0.15) is 0 Å². The van der Waals surface area contributed by atoms with Gasteiger partial charge in [-0.05, 0) is 29.2 Å². The van der Waals surface area contributed by atoms with Crippen molar-refractivity contribution in [1.29, 1.82) is 0 Å². The molecule has 82 valence electrons. The Morgan fingerprint density at radius 2 is 2.00 bits per heavy atom. The Morgan fingerprint density at radius 3 is 2.69 bits per heavy atom. The SMILES string of the molecule is CC1(C)[C@@H](N)[C@@H]1c1ccc2ncccc2c1. The lowest BCUT2D eigenvalue weighted by Gasteiger charge is -2.04. The molecule has 1 aliphatic rings. The van der Waals surface area contributed by atoms with Crippen LogP contribution in [0.25, 0.3) is 10.9 Å². The first kappa shape index (κ1) is 9.79. The molecule has 1 fully saturated rings. The summed E-state index contributed by atoms with van der Waals surface area (Å²) >= 11 is 0. The van der Waals surface area contributed by atoms with Gasteiger partial charge in [-0.25, -0.2) is 0 Å². The first-order chi connectivity index (χ1) is 7.60. The van der Waals surface area contributed by atoms with Gasteiger partial charge in [0.15, 0.2) is 0 Å². The summed E-state index contributed by atoms with van der Waals surface area (Å²) in [5.74, 6) is 0.497. The van der Waals surface area contributed by atoms with E-state index < -0.39 is 0 Å². The Balaban J connectivity index is 2.07. The Kier molecular flexibility index (Phi) is 1.86. The average molecular weight is 212 g/mol. The maximum Gasteiger partial charge on any atom is 0.0702 e. The van der Waals surface area contributed by atoms with E-state index in [1.165, 1.54) is 10.9 Å². The molecule has 0 bridgehead atoms. The lowest BCUT2D eigenvalue weighted by Crippen LogP contribution is -2.06. The Labute approximate surface area is 95.5 Å². The molecule has 1 aromatic heterocycles. The van der Waals surface area contributed by atoms with Crippen molar-refractivity contribution >= 4 is 10.9 Å². The fourth-order valence-electron chi connectivity index (χ4n) is 2.60. The van der Waals surface area contributed by atoms with Crippen LogP contribution < -0.4 is 5.73 Å². The third-order valence-electron chi connectivity index (χ3n) is 3.90. The molecule has 1 aliphatic carbocycles. The van der Waals surface area contributed by atoms with E-state index in [0.29, 0.717) is 12.0 Å². The zero-order valence-corrected chi connectivity index (χ0v) is 9.64. The molecule has 0 aliphatic heterocycles. The van der Waals surface area contributed by atoms with Crippen molar-refractivity contribution in [3.63, 3.8) is 0 Å². The molecule has 1 aromatic carbocycles. The first-order valence-corrected chi connectivity index (χ1v) is 5.71. The third-order valence-corrected chi connectivity index (χ3v) is 3.90. The predicted molar refractivity (Wildman–Crippen MR) is 66.2 cm³/mol. The number of hydrogen-bond acceptors (Lipinski definition) is 2. The number of benzene rings is 1. The number of pyridine rings is 1. The lowest BCUT2D eigenvalue weighted by atomic mass is 10.0. The van der Waals surface area contributed by atoms with Crippen molar-refractivity contribution in [3.8, 4) is 0 Å². The highest BCUT2D eigenvalue weighted by Gasteiger charge is 2.56. The van der Waals surface area contributed by atoms with E-state index in [4.69, 9.17) is 5.73 Å². The van der Waals surface area contributed by atoms with E-state index in [1.54, 1.807) is 0 Å². The van der Waals surface area contributed by atoms with Gasteiger partial charge in [0.2, 0.25) is 0 Å². The molecule has 16 heavy (non-hydrogen) atoms. The molecule has 2 N–H and O–H groups in total. The van der Waals surface area contributed by atoms with Gasteiger partial charge < -0.3 is 5.73 Å². The van der Waals surface area contributed by atoms with Gasteiger partial charge in [0, 0.05) is 23.5 Å². The van der Waals surface area contributed by atoms with Crippen LogP contribution in [0.5, 0.6) is 0 Å². The van der Waals surface area contributed by atoms with Crippen LogP contribution in [0.4, 0.5) is 0 Å². The standard InChI is InChI=1S/C14H16N2/c1-14(2)12(13(14)15)10-5-6-11-9(8-10)4-3-7-16-11/h3-8,12-13H,15H2,1-2H3/t12-,13-/m0/s1. The number of rotatable bonds is 1. The average Bonchev–Trinajstić information content (AvgIpc) is 2.78. The Bertz CT molecular complexity index is 545. The molecule has 2 nitrogen and oxygen atoms in total. The second-order valence-electron chi connectivity index (χ2n) is 5.28. The summed E-state index contributed by atoms with van der Waals surface area (Å²) in [4.78, 5) is 4.33. The van der Waals surface area contributed by atoms with Crippen LogP contribution in [0.3, 0.4) is 0 Å². The minimum Gasteiger partial charge on any atom is -0.327 e. The largest absolute Gasteiger partial charge is 0.327 e. The molecule has 0 saturated heterocycles. The molecule has 1 saturated carbocycles. The summed E-state index contributed by atoms with van der Waals surface area (Å²) in [6.45, 7) is 4.46. The molecular formula is C14H16N2. The highest BCUT2D eigenvalue weighted by atomic mass is 14.8. The van der Waals surface area contributed by atoms with Gasteiger partial charge in [-0.3, -0.25) is 4.98 Å². The third kappa shape index (κ3) is 1.26. The van der Waals surface area contributed by atoms with Gasteiger partial charge in [-0.15, -0.1) is 0 Å². The maximum absolute atomic E-state index is 6.10. The van der Waals surface area contributed by atoms with Crippen LogP contribution >= 0.6 is 0 Å². The molecule has 0 unspecified atom stereocenters. The normalized spacial score (nSPS) is 26.9. The topological polar surface area (TPSA) is 38.9 Å². The minimum absolute atomic E-state index is 0.246. The van der Waals surface area contributed by atoms with Gasteiger partial charge in [-0.2, -0.15) is 0 Å². The summed E-state index contributed by atoms with van der Waals surface area (Å²) in [6, 6.07) is 10.8. The zero-order chi connectivity index (χ0) is 11.3. The summed E-state index contributed by atoms with van der Waals surface area (Å²) < 4.78 is 0. The minimum atomic E-state index is 0.246. The van der Waals surface area contributed by atoms with Gasteiger partial charge in [0.25, 0.3) is 0 Å². The molecule has 3 rings (SSSR count). The highest BCUT2D eigenvalue weighted by molar-refractivity contribution is 5.79. The van der Waals surface area contributed by atoms with Crippen LogP contribution in [-0.2, 0) is 0 Å². The van der Waals surface area contributed by atoms with Gasteiger partial charge in [0.05, 0.1) is 5.52 Å². The van der Waals surface area contributed by atoms with Crippen LogP contribution in [-0.4, -0.2) is 11.0 Å². The number of hydrogen-bond donors (Lipinski definition) is 1. The van der Waals surface area contributed by atoms with E-state index in [-0.39, 0.29) is 5.41 Å². The van der Waals surface area contributed by atoms with Gasteiger partial charge in [-0.1, -0.05) is 26.0 Å². The van der Waals surface area contributed by atoms with Crippen molar-refractivity contribution in [2.75, 3.05) is 0 Å². The van der Waals surface area contributed by atoms with Crippen molar-refractivity contribution in [2.45, 2.75) is 25.8 Å². The summed E-state index contributed by atoms with van der Waals surface area (Å²) in [7, 11) is 0. The van der Waals surface area contributed by atoms with E-state index in [2.05, 4.69) is 43.1 Å². The van der Waals surface area contributed by atoms with Crippen LogP contribution in [0.15, 0.2) is 36.5 Å². The maximum atomic E-state index is 6.10. The molecular weight excluding hydrogens is 196 g/mol. The van der Waals surface area contributed by atoms with E-state index in [9.17, 15) is 0 Å². The van der Waals surface area contributed by atoms with Crippen LogP contribution in [0, 0.1) is 5.41 Å². The number of nitrogens with two attached hydrogens (primary N) is 1. The van der Waals surface area contributed by atoms with Crippen molar-refractivity contribution < 1.29 is 0 Å². The zero-order valence-electron chi connectivity index (χ0n) is 9.64. The first-order valence-electron chi connectivity index (χ1n) is 5.71. The molecule has 0 spiro atoms. The van der Waals surface area contributed by atoms with Crippen molar-refractivity contribution in [1.82, 2.24) is 4.98 Å². The fraction of sp³-hybridized carbons (Fsp3) is 0.357. The Hall–Kier alpha value is -1.41. The summed E-state index contributed by atoms with van der Waals surface area (Å²) in [6.07, 6.45) is 1.83. The fourth-order valence-corrected chi connectivity index (χ4v) is 2.60. The number of aromatic nitrogens is 1. The molecule has 2 heteroatoms. The van der Waals surface area contributed by atoms with E-state index >= 15 is 0 Å². The Morgan fingerprint density at radius 1 is 1.25 bits per heavy atom. The molecule has 2 aromatic rings. The quantitative estimate of drug-likeness (QED) is 0.789. The van der Waals surface area contributed by atoms with E-state index in [0.717, 1.165) is 5.52 Å². The summed E-state index contributed by atoms with van der Waals surface area (Å²) in [5, 5.41) is 1.20. The number of nitrogens with zero attached hydrogens (tertiary/aromatic N) is 1. The molecule has 0 amide bonds. The van der Waals surface area contributed by atoms with Crippen molar-refractivity contribution in [3.05, 3.63) is 42.1 Å². The lowest BCUT2D eigenvalue weighted by molar-refractivity contribution is 0.599. The molecule has 2 atom stereocenters. The number of fused-ring (bicyclic) bond motifs is 1. The molecule has 0 radical (unpaired) electrons. The monoisotopic (exact) mass is 212 g/mol. The second kappa shape index (κ2) is 3.05. The van der Waals surface area contributed by atoms with Crippen LogP contribution in [0.2, 0.25) is 0 Å². The van der Waals surface area contributed by atoms with Gasteiger partial charge >= 0.3 is 0 Å². The molecule has 1 heterocycles. The van der Waals surface area contributed by atoms with Crippen molar-refractivity contribution in [2.24, 2.45) is 11.1 Å². The predicted octanol–water partition coefficient (Wildman–Crippen LogP) is 2.69. The highest BCUT2D eigenvalue weighted by Crippen LogP contribution is 2.57.